The summed E-state index contributed by atoms with van der Waals surface area (Å²) < 4.78 is 42.0. The standard InChI is InChI=1S/C40H40F2N8O3/c1-48-20-22-49(23-21-48)18-7-8-26-12-14-31(34(24-26)53-3)44-40-43-17-16-32(45-40)38-36(46-35-11-4-5-19-50(35)38)27-13-15-33(52-2)28(25-27)39(51)47-37-29(41)9-6-10-30(37)42/h4-6,9-17,19,24-25H,7-8,18,20-23H2,1-3H3,(H,47,51)(H,43,44,45). The molecule has 1 aliphatic heterocycles. The number of carbonyl (C=O) groups is 1. The molecule has 1 amide bonds. The summed E-state index contributed by atoms with van der Waals surface area (Å²) in [5.41, 5.74) is 4.36. The van der Waals surface area contributed by atoms with Gasteiger partial charge >= 0.3 is 0 Å². The van der Waals surface area contributed by atoms with Crippen LogP contribution in [0.5, 0.6) is 11.5 Å². The zero-order chi connectivity index (χ0) is 36.9. The minimum Gasteiger partial charge on any atom is -0.496 e. The van der Waals surface area contributed by atoms with Crippen LogP contribution in [0.25, 0.3) is 28.3 Å². The highest BCUT2D eigenvalue weighted by molar-refractivity contribution is 6.07. The first kappa shape index (κ1) is 35.5. The smallest absolute Gasteiger partial charge is 0.259 e. The molecule has 3 aromatic heterocycles. The number of fused-ring (bicyclic) bond motifs is 1. The van der Waals surface area contributed by atoms with E-state index in [2.05, 4.69) is 44.6 Å². The van der Waals surface area contributed by atoms with Gasteiger partial charge in [0.2, 0.25) is 5.95 Å². The first-order valence-electron chi connectivity index (χ1n) is 17.4. The Bertz CT molecular complexity index is 2230. The molecule has 1 aliphatic rings. The molecule has 2 N–H and O–H groups in total. The molecule has 13 heteroatoms. The average Bonchev–Trinajstić information content (AvgIpc) is 3.57. The molecule has 0 atom stereocenters. The van der Waals surface area contributed by atoms with Crippen molar-refractivity contribution in [3.63, 3.8) is 0 Å². The lowest BCUT2D eigenvalue weighted by Gasteiger charge is -2.32. The fourth-order valence-corrected chi connectivity index (χ4v) is 6.52. The highest BCUT2D eigenvalue weighted by Gasteiger charge is 2.22. The van der Waals surface area contributed by atoms with E-state index in [1.165, 1.54) is 18.7 Å². The van der Waals surface area contributed by atoms with Gasteiger partial charge in [0.15, 0.2) is 0 Å². The van der Waals surface area contributed by atoms with Crippen molar-refractivity contribution in [2.24, 2.45) is 0 Å². The number of nitrogens with one attached hydrogen (secondary N) is 2. The van der Waals surface area contributed by atoms with Gasteiger partial charge in [0.25, 0.3) is 5.91 Å². The van der Waals surface area contributed by atoms with Crippen LogP contribution in [0.1, 0.15) is 22.3 Å². The van der Waals surface area contributed by atoms with E-state index in [0.717, 1.165) is 63.4 Å². The van der Waals surface area contributed by atoms with E-state index in [0.29, 0.717) is 40.0 Å². The monoisotopic (exact) mass is 718 g/mol. The Balaban J connectivity index is 1.16. The molecular formula is C40H40F2N8O3. The zero-order valence-corrected chi connectivity index (χ0v) is 29.8. The Kier molecular flexibility index (Phi) is 10.6. The highest BCUT2D eigenvalue weighted by Crippen LogP contribution is 2.36. The number of para-hydroxylation sites is 1. The second-order valence-corrected chi connectivity index (χ2v) is 12.9. The van der Waals surface area contributed by atoms with Crippen molar-refractivity contribution in [1.82, 2.24) is 29.2 Å². The van der Waals surface area contributed by atoms with Crippen LogP contribution in [-0.2, 0) is 6.42 Å². The molecule has 11 nitrogen and oxygen atoms in total. The van der Waals surface area contributed by atoms with E-state index in [9.17, 15) is 13.6 Å². The number of hydrogen-bond acceptors (Lipinski definition) is 9. The number of ether oxygens (including phenoxy) is 2. The van der Waals surface area contributed by atoms with Gasteiger partial charge in [-0.05, 0) is 92.7 Å². The van der Waals surface area contributed by atoms with Crippen molar-refractivity contribution >= 4 is 28.9 Å². The number of piperazine rings is 1. The number of aryl methyl sites for hydroxylation is 1. The number of pyridine rings is 1. The average molecular weight is 719 g/mol. The maximum Gasteiger partial charge on any atom is 0.259 e. The summed E-state index contributed by atoms with van der Waals surface area (Å²) in [6.07, 6.45) is 5.55. The van der Waals surface area contributed by atoms with Gasteiger partial charge in [-0.25, -0.2) is 23.7 Å². The summed E-state index contributed by atoms with van der Waals surface area (Å²) in [7, 11) is 5.23. The Morgan fingerprint density at radius 1 is 0.868 bits per heavy atom. The number of hydrogen-bond donors (Lipinski definition) is 2. The summed E-state index contributed by atoms with van der Waals surface area (Å²) in [6, 6.07) is 21.9. The molecule has 3 aromatic carbocycles. The fourth-order valence-electron chi connectivity index (χ4n) is 6.52. The molecule has 1 saturated heterocycles. The van der Waals surface area contributed by atoms with Crippen LogP contribution in [0.4, 0.5) is 26.1 Å². The van der Waals surface area contributed by atoms with Gasteiger partial charge in [-0.1, -0.05) is 18.2 Å². The molecule has 6 aromatic rings. The number of amides is 1. The first-order chi connectivity index (χ1) is 25.8. The van der Waals surface area contributed by atoms with Gasteiger partial charge in [-0.3, -0.25) is 9.20 Å². The topological polar surface area (TPSA) is 109 Å². The molecule has 0 saturated carbocycles. The number of aromatic nitrogens is 4. The van der Waals surface area contributed by atoms with Crippen molar-refractivity contribution in [1.29, 1.82) is 0 Å². The van der Waals surface area contributed by atoms with Crippen LogP contribution in [0.3, 0.4) is 0 Å². The number of anilines is 3. The van der Waals surface area contributed by atoms with Crippen LogP contribution in [0.15, 0.2) is 91.3 Å². The Labute approximate surface area is 306 Å². The predicted molar refractivity (Wildman–Crippen MR) is 201 cm³/mol. The molecule has 272 valence electrons. The fraction of sp³-hybridized carbons (Fsp3) is 0.250. The van der Waals surface area contributed by atoms with E-state index < -0.39 is 23.2 Å². The molecule has 0 bridgehead atoms. The Morgan fingerprint density at radius 2 is 1.66 bits per heavy atom. The lowest BCUT2D eigenvalue weighted by atomic mass is 10.0. The van der Waals surface area contributed by atoms with Crippen LogP contribution in [-0.4, -0.2) is 89.1 Å². The van der Waals surface area contributed by atoms with E-state index in [1.54, 1.807) is 37.6 Å². The minimum atomic E-state index is -0.894. The van der Waals surface area contributed by atoms with Gasteiger partial charge in [0.1, 0.15) is 34.5 Å². The Hall–Kier alpha value is -5.92. The van der Waals surface area contributed by atoms with Gasteiger partial charge in [-0.2, -0.15) is 0 Å². The van der Waals surface area contributed by atoms with Crippen LogP contribution in [0.2, 0.25) is 0 Å². The number of methoxy groups -OCH3 is 2. The van der Waals surface area contributed by atoms with Crippen LogP contribution in [0, 0.1) is 11.6 Å². The summed E-state index contributed by atoms with van der Waals surface area (Å²) >= 11 is 0. The second-order valence-electron chi connectivity index (χ2n) is 12.9. The number of halogens is 2. The van der Waals surface area contributed by atoms with Crippen molar-refractivity contribution in [3.8, 4) is 34.1 Å². The number of imidazole rings is 1. The molecule has 7 rings (SSSR count). The predicted octanol–water partition coefficient (Wildman–Crippen LogP) is 6.93. The molecule has 4 heterocycles. The van der Waals surface area contributed by atoms with E-state index in [1.807, 2.05) is 34.9 Å². The minimum absolute atomic E-state index is 0.0653. The SMILES string of the molecule is COc1cc(CCCN2CCN(C)CC2)ccc1Nc1nccc(-c2c(-c3ccc(OC)c(C(=O)Nc4c(F)cccc4F)c3)nc3ccccn23)n1. The number of benzene rings is 3. The van der Waals surface area contributed by atoms with E-state index >= 15 is 0 Å². The summed E-state index contributed by atoms with van der Waals surface area (Å²) in [6.45, 7) is 5.50. The van der Waals surface area contributed by atoms with Crippen molar-refractivity contribution < 1.29 is 23.0 Å². The van der Waals surface area contributed by atoms with E-state index in [-0.39, 0.29) is 11.3 Å². The maximum atomic E-state index is 14.4. The number of carbonyl (C=O) groups excluding carboxylic acids is 1. The first-order valence-corrected chi connectivity index (χ1v) is 17.4. The van der Waals surface area contributed by atoms with Crippen molar-refractivity contribution in [2.75, 3.05) is 64.6 Å². The number of likely N-dealkylation sites (N-methyl/N-ethyl adjacent to an activating group) is 1. The third kappa shape index (κ3) is 7.81. The summed E-state index contributed by atoms with van der Waals surface area (Å²) in [5, 5.41) is 5.68. The normalized spacial score (nSPS) is 13.6. The summed E-state index contributed by atoms with van der Waals surface area (Å²) in [4.78, 5) is 32.6. The lowest BCUT2D eigenvalue weighted by molar-refractivity contribution is 0.102. The molecule has 0 radical (unpaired) electrons. The molecule has 0 unspecified atom stereocenters. The van der Waals surface area contributed by atoms with E-state index in [4.69, 9.17) is 19.4 Å². The largest absolute Gasteiger partial charge is 0.496 e. The van der Waals surface area contributed by atoms with Gasteiger partial charge in [0.05, 0.1) is 42.6 Å². The molecular weight excluding hydrogens is 678 g/mol. The van der Waals surface area contributed by atoms with Gasteiger partial charge in [-0.15, -0.1) is 0 Å². The van der Waals surface area contributed by atoms with Crippen LogP contribution >= 0.6 is 0 Å². The molecule has 0 aliphatic carbocycles. The summed E-state index contributed by atoms with van der Waals surface area (Å²) in [5.74, 6) is -1.28. The quantitative estimate of drug-likeness (QED) is 0.139. The van der Waals surface area contributed by atoms with Crippen molar-refractivity contribution in [3.05, 3.63) is 114 Å². The third-order valence-electron chi connectivity index (χ3n) is 9.40. The number of rotatable bonds is 12. The second kappa shape index (κ2) is 15.8. The van der Waals surface area contributed by atoms with Crippen molar-refractivity contribution in [2.45, 2.75) is 12.8 Å². The Morgan fingerprint density at radius 3 is 2.43 bits per heavy atom. The molecule has 0 spiro atoms. The lowest BCUT2D eigenvalue weighted by Crippen LogP contribution is -2.44. The number of nitrogens with zero attached hydrogens (tertiary/aromatic N) is 6. The zero-order valence-electron chi connectivity index (χ0n) is 29.8. The highest BCUT2D eigenvalue weighted by atomic mass is 19.1. The molecule has 53 heavy (non-hydrogen) atoms. The van der Waals surface area contributed by atoms with Gasteiger partial charge in [0, 0.05) is 44.1 Å². The maximum absolute atomic E-state index is 14.4. The van der Waals surface area contributed by atoms with Gasteiger partial charge < -0.3 is 29.9 Å². The van der Waals surface area contributed by atoms with Crippen LogP contribution < -0.4 is 20.1 Å². The molecule has 1 fully saturated rings. The third-order valence-corrected chi connectivity index (χ3v) is 9.40.